The van der Waals surface area contributed by atoms with Gasteiger partial charge in [0.15, 0.2) is 0 Å². The Bertz CT molecular complexity index is 649. The van der Waals surface area contributed by atoms with Gasteiger partial charge in [0, 0.05) is 0 Å². The van der Waals surface area contributed by atoms with Crippen LogP contribution in [0, 0.1) is 34.5 Å². The Morgan fingerprint density at radius 1 is 1.20 bits per heavy atom. The van der Waals surface area contributed by atoms with Crippen LogP contribution in [-0.2, 0) is 15.2 Å². The van der Waals surface area contributed by atoms with Crippen molar-refractivity contribution in [2.75, 3.05) is 0 Å². The molecule has 3 saturated carbocycles. The second-order valence-electron chi connectivity index (χ2n) is 9.83. The van der Waals surface area contributed by atoms with Crippen molar-refractivity contribution in [3.63, 3.8) is 0 Å². The van der Waals surface area contributed by atoms with Gasteiger partial charge in [-0.1, -0.05) is 6.58 Å². The average Bonchev–Trinajstić information content (AvgIpc) is 2.93. The van der Waals surface area contributed by atoms with Crippen molar-refractivity contribution in [1.82, 2.24) is 0 Å². The van der Waals surface area contributed by atoms with Crippen LogP contribution in [0.1, 0.15) is 72.1 Å². The van der Waals surface area contributed by atoms with Gasteiger partial charge < -0.3 is 0 Å². The first-order valence-corrected chi connectivity index (χ1v) is 12.2. The van der Waals surface area contributed by atoms with Crippen LogP contribution in [0.3, 0.4) is 0 Å². The van der Waals surface area contributed by atoms with Crippen LogP contribution < -0.4 is 0 Å². The summed E-state index contributed by atoms with van der Waals surface area (Å²) in [4.78, 5) is 0. The standard InChI is InChI=1S/C22H34OPS/c1-14(2)18-7-8-19-17-6-5-15-13-16(23-25-24)9-11-21(15,3)20(17)10-12-22(18,19)4/h5,16-20,25H,1,6-13H2,2-4H3/q-1/t16-,17-,18+,19-,20-,21-,22+/m0/s1. The Balaban J connectivity index is 1.61. The first-order valence-electron chi connectivity index (χ1n) is 10.3. The molecule has 0 aliphatic heterocycles. The van der Waals surface area contributed by atoms with Gasteiger partial charge in [-0.05, 0) is 6.92 Å². The second-order valence-corrected chi connectivity index (χ2v) is 10.7. The van der Waals surface area contributed by atoms with E-state index in [0.29, 0.717) is 16.9 Å². The van der Waals surface area contributed by atoms with Crippen molar-refractivity contribution in [3.05, 3.63) is 23.8 Å². The molecule has 4 rings (SSSR count). The van der Waals surface area contributed by atoms with Gasteiger partial charge in [-0.2, -0.15) is 0 Å². The predicted octanol–water partition coefficient (Wildman–Crippen LogP) is 6.58. The van der Waals surface area contributed by atoms with Gasteiger partial charge in [-0.3, -0.25) is 0 Å². The van der Waals surface area contributed by atoms with Crippen molar-refractivity contribution < 1.29 is 4.18 Å². The number of hydrogen-bond donors (Lipinski definition) is 0. The number of fused-ring (bicyclic) bond motifs is 5. The van der Waals surface area contributed by atoms with Crippen LogP contribution in [0.25, 0.3) is 0 Å². The Hall–Kier alpha value is 0.220. The van der Waals surface area contributed by atoms with Crippen LogP contribution in [0.15, 0.2) is 23.8 Å². The van der Waals surface area contributed by atoms with E-state index in [1.807, 2.05) is 0 Å². The summed E-state index contributed by atoms with van der Waals surface area (Å²) in [5, 5.41) is 0. The Labute approximate surface area is 159 Å². The molecule has 0 heterocycles. The van der Waals surface area contributed by atoms with Crippen LogP contribution in [0.2, 0.25) is 0 Å². The number of rotatable bonds is 2. The maximum absolute atomic E-state index is 5.82. The average molecular weight is 378 g/mol. The maximum atomic E-state index is 5.82. The van der Waals surface area contributed by atoms with Gasteiger partial charge in [0.2, 0.25) is 0 Å². The first-order chi connectivity index (χ1) is 11.9. The van der Waals surface area contributed by atoms with E-state index in [-0.39, 0.29) is 0 Å². The summed E-state index contributed by atoms with van der Waals surface area (Å²) in [5.41, 5.74) is 4.09. The summed E-state index contributed by atoms with van der Waals surface area (Å²) in [6.07, 6.45) is 13.6. The van der Waals surface area contributed by atoms with Crippen LogP contribution in [-0.4, -0.2) is 6.10 Å². The molecule has 0 radical (unpaired) electrons. The zero-order chi connectivity index (χ0) is 17.8. The number of hydrogen-bond acceptors (Lipinski definition) is 2. The SMILES string of the molecule is C=C(C)[C@H]1CC[C@H]2[C@@H]3CC=C4C[C@@H](O[SH-]#P)CC[C@]4(C)[C@H]3CC[C@]12C. The fourth-order valence-electron chi connectivity index (χ4n) is 7.59. The Kier molecular flexibility index (Phi) is 4.96. The zero-order valence-electron chi connectivity index (χ0n) is 16.1. The van der Waals surface area contributed by atoms with E-state index >= 15 is 0 Å². The van der Waals surface area contributed by atoms with Crippen molar-refractivity contribution in [2.24, 2.45) is 34.5 Å². The minimum absolute atomic E-state index is 0.392. The summed E-state index contributed by atoms with van der Waals surface area (Å²) >= 11 is 0.787. The van der Waals surface area contributed by atoms with E-state index in [2.05, 4.69) is 41.2 Å². The van der Waals surface area contributed by atoms with E-state index in [1.54, 1.807) is 5.57 Å². The van der Waals surface area contributed by atoms with E-state index in [4.69, 9.17) is 4.18 Å². The molecule has 0 aromatic rings. The summed E-state index contributed by atoms with van der Waals surface area (Å²) in [6.45, 7) is 11.8. The summed E-state index contributed by atoms with van der Waals surface area (Å²) in [5.74, 6) is 3.46. The summed E-state index contributed by atoms with van der Waals surface area (Å²) in [6, 6.07) is 0. The minimum atomic E-state index is 0.392. The third-order valence-electron chi connectivity index (χ3n) is 8.85. The molecule has 1 nitrogen and oxygen atoms in total. The van der Waals surface area contributed by atoms with Gasteiger partial charge in [0.05, 0.1) is 0 Å². The van der Waals surface area contributed by atoms with Crippen LogP contribution >= 0.6 is 7.81 Å². The fraction of sp³-hybridized carbons (Fsp3) is 0.818. The molecule has 0 aromatic carbocycles. The molecular weight excluding hydrogens is 343 g/mol. The molecule has 0 unspecified atom stereocenters. The Morgan fingerprint density at radius 2 is 2.00 bits per heavy atom. The number of thiol groups is 1. The van der Waals surface area contributed by atoms with E-state index in [0.717, 1.165) is 41.1 Å². The van der Waals surface area contributed by atoms with E-state index < -0.39 is 0 Å². The van der Waals surface area contributed by atoms with Crippen LogP contribution in [0.4, 0.5) is 0 Å². The second kappa shape index (κ2) is 6.68. The van der Waals surface area contributed by atoms with Crippen molar-refractivity contribution in [2.45, 2.75) is 78.2 Å². The molecule has 3 fully saturated rings. The molecule has 4 aliphatic carbocycles. The van der Waals surface area contributed by atoms with Gasteiger partial charge in [-0.15, -0.1) is 0 Å². The molecule has 3 heteroatoms. The first kappa shape index (κ1) is 18.6. The van der Waals surface area contributed by atoms with Gasteiger partial charge >= 0.3 is 146 Å². The molecule has 0 bridgehead atoms. The van der Waals surface area contributed by atoms with Gasteiger partial charge in [0.1, 0.15) is 0 Å². The van der Waals surface area contributed by atoms with Crippen molar-refractivity contribution >= 4 is 18.8 Å². The molecule has 0 saturated heterocycles. The molecule has 7 atom stereocenters. The molecule has 140 valence electrons. The molecule has 4 aliphatic rings. The fourth-order valence-corrected chi connectivity index (χ4v) is 8.31. The molecule has 25 heavy (non-hydrogen) atoms. The quantitative estimate of drug-likeness (QED) is 0.228. The van der Waals surface area contributed by atoms with E-state index in [1.165, 1.54) is 50.5 Å². The molecule has 0 spiro atoms. The van der Waals surface area contributed by atoms with E-state index in [9.17, 15) is 0 Å². The number of allylic oxidation sites excluding steroid dienone is 2. The Morgan fingerprint density at radius 3 is 2.72 bits per heavy atom. The third-order valence-corrected chi connectivity index (χ3v) is 9.53. The molecule has 0 amide bonds. The summed E-state index contributed by atoms with van der Waals surface area (Å²) < 4.78 is 5.82. The molecule has 0 N–H and O–H groups in total. The molecular formula is C22H34OPS-. The van der Waals surface area contributed by atoms with Crippen molar-refractivity contribution in [1.29, 1.82) is 0 Å². The zero-order valence-corrected chi connectivity index (χ0v) is 17.9. The van der Waals surface area contributed by atoms with Crippen LogP contribution in [0.5, 0.6) is 0 Å². The normalized spacial score (nSPS) is 48.9. The van der Waals surface area contributed by atoms with Gasteiger partial charge in [0.25, 0.3) is 0 Å². The van der Waals surface area contributed by atoms with Crippen molar-refractivity contribution in [3.8, 4) is 0 Å². The monoisotopic (exact) mass is 377 g/mol. The summed E-state index contributed by atoms with van der Waals surface area (Å²) in [7, 11) is 4.24. The third kappa shape index (κ3) is 2.81. The molecule has 0 aromatic heterocycles. The predicted molar refractivity (Wildman–Crippen MR) is 111 cm³/mol. The van der Waals surface area contributed by atoms with Gasteiger partial charge in [-0.25, -0.2) is 0 Å². The topological polar surface area (TPSA) is 9.23 Å².